The number of nitrogens with two attached hydrogens (primary N) is 1. The summed E-state index contributed by atoms with van der Waals surface area (Å²) in [6.07, 6.45) is 6.54. The fourth-order valence-electron chi connectivity index (χ4n) is 4.50. The van der Waals surface area contributed by atoms with Crippen LogP contribution in [0.15, 0.2) is 36.7 Å². The third kappa shape index (κ3) is 2.85. The minimum atomic E-state index is -0.306. The molecule has 0 atom stereocenters. The number of amides is 1. The van der Waals surface area contributed by atoms with Gasteiger partial charge in [0, 0.05) is 19.3 Å². The van der Waals surface area contributed by atoms with Gasteiger partial charge in [-0.1, -0.05) is 19.9 Å². The number of anilines is 1. The molecule has 3 aromatic rings. The zero-order valence-corrected chi connectivity index (χ0v) is 17.1. The first-order chi connectivity index (χ1) is 14.0. The number of carbonyl (C=O) groups excluding carboxylic acids is 1. The number of imidazole rings is 1. The van der Waals surface area contributed by atoms with Crippen molar-refractivity contribution in [2.75, 3.05) is 4.90 Å². The molecular formula is C23H27N5O. The number of hydrogen-bond donors (Lipinski definition) is 1. The molecule has 1 aliphatic heterocycles. The standard InChI is InChI=1S/C23H27N5O/c1-15(2)6-10-27-19-11-16(12-24)3-4-18(19)26-21(27)14-28-20-13-25-9-5-17(20)23(7-8-23)22(28)29/h3-5,9,11,13,15H,6-8,10,12,14,24H2,1-2H3. The number of hydrogen-bond acceptors (Lipinski definition) is 4. The van der Waals surface area contributed by atoms with Gasteiger partial charge in [0.2, 0.25) is 5.91 Å². The Bertz CT molecular complexity index is 1100. The lowest BCUT2D eigenvalue weighted by Crippen LogP contribution is -2.32. The SMILES string of the molecule is CC(C)CCn1c(CN2C(=O)C3(CC3)c3ccncc32)nc2ccc(CN)cc21. The third-order valence-electron chi connectivity index (χ3n) is 6.37. The van der Waals surface area contributed by atoms with E-state index in [-0.39, 0.29) is 11.3 Å². The van der Waals surface area contributed by atoms with E-state index in [4.69, 9.17) is 10.7 Å². The molecule has 3 heterocycles. The van der Waals surface area contributed by atoms with Gasteiger partial charge in [0.15, 0.2) is 0 Å². The summed E-state index contributed by atoms with van der Waals surface area (Å²) in [5.74, 6) is 1.72. The Hall–Kier alpha value is -2.73. The highest BCUT2D eigenvalue weighted by Gasteiger charge is 2.59. The second kappa shape index (κ2) is 6.66. The molecular weight excluding hydrogens is 362 g/mol. The van der Waals surface area contributed by atoms with Crippen molar-refractivity contribution >= 4 is 22.6 Å². The molecule has 0 radical (unpaired) electrons. The molecule has 1 fully saturated rings. The van der Waals surface area contributed by atoms with Crippen LogP contribution in [0.2, 0.25) is 0 Å². The van der Waals surface area contributed by atoms with Crippen LogP contribution in [0, 0.1) is 5.92 Å². The molecule has 1 saturated carbocycles. The number of fused-ring (bicyclic) bond motifs is 3. The number of benzene rings is 1. The fraction of sp³-hybridized carbons (Fsp3) is 0.435. The molecule has 2 aliphatic rings. The molecule has 1 amide bonds. The van der Waals surface area contributed by atoms with Crippen molar-refractivity contribution in [3.63, 3.8) is 0 Å². The minimum absolute atomic E-state index is 0.200. The van der Waals surface area contributed by atoms with Crippen LogP contribution in [-0.2, 0) is 29.8 Å². The Morgan fingerprint density at radius 1 is 1.24 bits per heavy atom. The number of pyridine rings is 1. The van der Waals surface area contributed by atoms with Crippen molar-refractivity contribution in [3.05, 3.63) is 53.6 Å². The van der Waals surface area contributed by atoms with Gasteiger partial charge in [-0.2, -0.15) is 0 Å². The van der Waals surface area contributed by atoms with Crippen LogP contribution in [0.1, 0.15) is 50.1 Å². The Labute approximate surface area is 170 Å². The topological polar surface area (TPSA) is 77.0 Å². The summed E-state index contributed by atoms with van der Waals surface area (Å²) in [6, 6.07) is 8.22. The minimum Gasteiger partial charge on any atom is -0.326 e. The molecule has 1 spiro atoms. The summed E-state index contributed by atoms with van der Waals surface area (Å²) in [5.41, 5.74) is 10.8. The number of aromatic nitrogens is 3. The highest BCUT2D eigenvalue weighted by molar-refractivity contribution is 6.09. The zero-order valence-electron chi connectivity index (χ0n) is 17.1. The van der Waals surface area contributed by atoms with E-state index in [1.165, 1.54) is 0 Å². The summed E-state index contributed by atoms with van der Waals surface area (Å²) >= 11 is 0. The van der Waals surface area contributed by atoms with Crippen molar-refractivity contribution in [2.24, 2.45) is 11.7 Å². The lowest BCUT2D eigenvalue weighted by molar-refractivity contribution is -0.120. The normalized spacial score (nSPS) is 17.0. The van der Waals surface area contributed by atoms with Crippen LogP contribution in [-0.4, -0.2) is 20.4 Å². The van der Waals surface area contributed by atoms with Gasteiger partial charge >= 0.3 is 0 Å². The van der Waals surface area contributed by atoms with Crippen LogP contribution in [0.5, 0.6) is 0 Å². The quantitative estimate of drug-likeness (QED) is 0.700. The largest absolute Gasteiger partial charge is 0.326 e. The van der Waals surface area contributed by atoms with Gasteiger partial charge < -0.3 is 15.2 Å². The van der Waals surface area contributed by atoms with Gasteiger partial charge in [-0.05, 0) is 54.5 Å². The molecule has 0 saturated heterocycles. The molecule has 2 aromatic heterocycles. The monoisotopic (exact) mass is 389 g/mol. The van der Waals surface area contributed by atoms with Crippen molar-refractivity contribution < 1.29 is 4.79 Å². The van der Waals surface area contributed by atoms with E-state index in [0.29, 0.717) is 19.0 Å². The van der Waals surface area contributed by atoms with E-state index in [0.717, 1.165) is 59.5 Å². The predicted molar refractivity (Wildman–Crippen MR) is 113 cm³/mol. The Morgan fingerprint density at radius 3 is 2.79 bits per heavy atom. The second-order valence-electron chi connectivity index (χ2n) is 8.76. The van der Waals surface area contributed by atoms with E-state index in [9.17, 15) is 4.79 Å². The predicted octanol–water partition coefficient (Wildman–Crippen LogP) is 3.51. The van der Waals surface area contributed by atoms with Crippen LogP contribution < -0.4 is 10.6 Å². The second-order valence-corrected chi connectivity index (χ2v) is 8.76. The van der Waals surface area contributed by atoms with Crippen LogP contribution in [0.4, 0.5) is 5.69 Å². The maximum atomic E-state index is 13.3. The smallest absolute Gasteiger partial charge is 0.238 e. The summed E-state index contributed by atoms with van der Waals surface area (Å²) < 4.78 is 2.27. The first-order valence-corrected chi connectivity index (χ1v) is 10.5. The van der Waals surface area contributed by atoms with Crippen LogP contribution >= 0.6 is 0 Å². The van der Waals surface area contributed by atoms with Crippen molar-refractivity contribution in [3.8, 4) is 0 Å². The fourth-order valence-corrected chi connectivity index (χ4v) is 4.50. The molecule has 6 nitrogen and oxygen atoms in total. The maximum Gasteiger partial charge on any atom is 0.238 e. The van der Waals surface area contributed by atoms with Gasteiger partial charge in [0.25, 0.3) is 0 Å². The molecule has 1 aliphatic carbocycles. The summed E-state index contributed by atoms with van der Waals surface area (Å²) in [7, 11) is 0. The van der Waals surface area contributed by atoms with Crippen LogP contribution in [0.3, 0.4) is 0 Å². The molecule has 150 valence electrons. The summed E-state index contributed by atoms with van der Waals surface area (Å²) in [6.45, 7) is 6.32. The average Bonchev–Trinajstić information content (AvgIpc) is 3.41. The Balaban J connectivity index is 1.56. The van der Waals surface area contributed by atoms with Gasteiger partial charge in [0.1, 0.15) is 5.82 Å². The van der Waals surface area contributed by atoms with Crippen molar-refractivity contribution in [1.29, 1.82) is 0 Å². The molecule has 0 bridgehead atoms. The first kappa shape index (κ1) is 18.3. The van der Waals surface area contributed by atoms with E-state index in [2.05, 4.69) is 29.5 Å². The number of rotatable bonds is 6. The van der Waals surface area contributed by atoms with E-state index < -0.39 is 0 Å². The lowest BCUT2D eigenvalue weighted by atomic mass is 9.99. The summed E-state index contributed by atoms with van der Waals surface area (Å²) in [4.78, 5) is 24.4. The molecule has 2 N–H and O–H groups in total. The van der Waals surface area contributed by atoms with Gasteiger partial charge in [-0.3, -0.25) is 9.78 Å². The van der Waals surface area contributed by atoms with Gasteiger partial charge in [-0.15, -0.1) is 0 Å². The number of carbonyl (C=O) groups is 1. The molecule has 29 heavy (non-hydrogen) atoms. The van der Waals surface area contributed by atoms with Gasteiger partial charge in [0.05, 0.1) is 34.9 Å². The number of aryl methyl sites for hydroxylation is 1. The Morgan fingerprint density at radius 2 is 2.07 bits per heavy atom. The molecule has 0 unspecified atom stereocenters. The van der Waals surface area contributed by atoms with E-state index in [1.54, 1.807) is 6.20 Å². The maximum absolute atomic E-state index is 13.3. The van der Waals surface area contributed by atoms with Crippen molar-refractivity contribution in [2.45, 2.75) is 58.2 Å². The van der Waals surface area contributed by atoms with Crippen LogP contribution in [0.25, 0.3) is 11.0 Å². The highest BCUT2D eigenvalue weighted by Crippen LogP contribution is 2.57. The Kier molecular flexibility index (Phi) is 4.21. The highest BCUT2D eigenvalue weighted by atomic mass is 16.2. The summed E-state index contributed by atoms with van der Waals surface area (Å²) in [5, 5.41) is 0. The first-order valence-electron chi connectivity index (χ1n) is 10.5. The molecule has 6 heteroatoms. The van der Waals surface area contributed by atoms with Crippen molar-refractivity contribution in [1.82, 2.24) is 14.5 Å². The van der Waals surface area contributed by atoms with E-state index in [1.807, 2.05) is 29.3 Å². The molecule has 5 rings (SSSR count). The van der Waals surface area contributed by atoms with Gasteiger partial charge in [-0.25, -0.2) is 4.98 Å². The average molecular weight is 390 g/mol. The number of nitrogens with zero attached hydrogens (tertiary/aromatic N) is 4. The van der Waals surface area contributed by atoms with E-state index >= 15 is 0 Å². The third-order valence-corrected chi connectivity index (χ3v) is 6.37. The lowest BCUT2D eigenvalue weighted by Gasteiger charge is -2.19. The molecule has 1 aromatic carbocycles. The zero-order chi connectivity index (χ0) is 20.2.